The molecule has 6 heteroatoms. The highest BCUT2D eigenvalue weighted by atomic mass is 16.5. The molecular weight excluding hydrogens is 338 g/mol. The molecule has 0 aliphatic carbocycles. The number of nitrogens with one attached hydrogen (secondary N) is 3. The van der Waals surface area contributed by atoms with Gasteiger partial charge in [0, 0.05) is 37.1 Å². The molecule has 2 aromatic rings. The van der Waals surface area contributed by atoms with Gasteiger partial charge in [0.25, 0.3) is 0 Å². The van der Waals surface area contributed by atoms with E-state index in [1.807, 2.05) is 0 Å². The Bertz CT molecular complexity index is 969. The average Bonchev–Trinajstić information content (AvgIpc) is 2.93. The van der Waals surface area contributed by atoms with Gasteiger partial charge in [0.1, 0.15) is 17.6 Å². The van der Waals surface area contributed by atoms with Crippen LogP contribution in [-0.4, -0.2) is 26.2 Å². The van der Waals surface area contributed by atoms with Crippen molar-refractivity contribution in [1.82, 2.24) is 0 Å². The molecule has 27 heavy (non-hydrogen) atoms. The molecule has 4 aliphatic heterocycles. The first-order valence-corrected chi connectivity index (χ1v) is 9.71. The minimum Gasteiger partial charge on any atom is -0.491 e. The van der Waals surface area contributed by atoms with Crippen LogP contribution < -0.4 is 30.5 Å². The minimum atomic E-state index is 0.123. The zero-order valence-corrected chi connectivity index (χ0v) is 15.4. The molecule has 6 rings (SSSR count). The molecule has 0 aromatic heterocycles. The van der Waals surface area contributed by atoms with Crippen LogP contribution >= 0.6 is 0 Å². The van der Waals surface area contributed by atoms with Gasteiger partial charge in [-0.1, -0.05) is 6.07 Å². The summed E-state index contributed by atoms with van der Waals surface area (Å²) in [4.78, 5) is 4.79. The summed E-state index contributed by atoms with van der Waals surface area (Å²) in [5.74, 6) is 0.976. The number of ether oxygens (including phenoxy) is 1. The fraction of sp³-hybridized carbons (Fsp3) is 0.333. The van der Waals surface area contributed by atoms with Gasteiger partial charge >= 0.3 is 0 Å². The third-order valence-corrected chi connectivity index (χ3v) is 5.78. The molecule has 0 fully saturated rings. The van der Waals surface area contributed by atoms with E-state index in [1.54, 1.807) is 0 Å². The molecule has 0 radical (unpaired) electrons. The van der Waals surface area contributed by atoms with Crippen molar-refractivity contribution in [1.29, 1.82) is 0 Å². The standard InChI is InChI=1S/C21H23N5O/c1-13-12-25-7-3-9-27-18-11-14(10-17(23-13)20(18)25)21-24-16-5-2-4-15-19(16)26(21)8-6-22-15/h2,4-5,10-12,21-24H,3,6-9H2,1H3. The first-order chi connectivity index (χ1) is 13.3. The smallest absolute Gasteiger partial charge is 0.145 e. The number of nitrogens with zero attached hydrogens (tertiary/aromatic N) is 2. The fourth-order valence-electron chi connectivity index (χ4n) is 4.71. The number of allylic oxidation sites excluding steroid dienone is 1. The van der Waals surface area contributed by atoms with E-state index in [4.69, 9.17) is 4.74 Å². The maximum atomic E-state index is 6.14. The van der Waals surface area contributed by atoms with Gasteiger partial charge in [-0.05, 0) is 37.6 Å². The lowest BCUT2D eigenvalue weighted by molar-refractivity contribution is 0.322. The van der Waals surface area contributed by atoms with Crippen LogP contribution in [0.2, 0.25) is 0 Å². The highest BCUT2D eigenvalue weighted by Gasteiger charge is 2.35. The van der Waals surface area contributed by atoms with Crippen molar-refractivity contribution >= 4 is 28.4 Å². The van der Waals surface area contributed by atoms with Gasteiger partial charge in [-0.2, -0.15) is 0 Å². The predicted octanol–water partition coefficient (Wildman–Crippen LogP) is 3.92. The van der Waals surface area contributed by atoms with Crippen molar-refractivity contribution in [2.75, 3.05) is 52.0 Å². The maximum Gasteiger partial charge on any atom is 0.145 e. The summed E-state index contributed by atoms with van der Waals surface area (Å²) in [6.45, 7) is 5.81. The Kier molecular flexibility index (Phi) is 3.06. The largest absolute Gasteiger partial charge is 0.491 e. The highest BCUT2D eigenvalue weighted by Crippen LogP contribution is 2.50. The van der Waals surface area contributed by atoms with Gasteiger partial charge in [0.05, 0.1) is 29.4 Å². The van der Waals surface area contributed by atoms with Crippen LogP contribution in [0.4, 0.5) is 28.4 Å². The SMILES string of the molecule is CC1=CN2CCCOc3cc(C4Nc5cccc6c5N4CCN6)cc(c32)N1. The first-order valence-electron chi connectivity index (χ1n) is 9.71. The molecule has 2 aromatic carbocycles. The normalized spacial score (nSPS) is 21.7. The van der Waals surface area contributed by atoms with Crippen molar-refractivity contribution in [3.8, 4) is 5.75 Å². The summed E-state index contributed by atoms with van der Waals surface area (Å²) in [5.41, 5.74) is 8.39. The van der Waals surface area contributed by atoms with E-state index in [-0.39, 0.29) is 6.17 Å². The van der Waals surface area contributed by atoms with Crippen molar-refractivity contribution in [3.63, 3.8) is 0 Å². The third-order valence-electron chi connectivity index (χ3n) is 5.78. The summed E-state index contributed by atoms with van der Waals surface area (Å²) in [7, 11) is 0. The Balaban J connectivity index is 1.46. The average molecular weight is 361 g/mol. The maximum absolute atomic E-state index is 6.14. The van der Waals surface area contributed by atoms with E-state index < -0.39 is 0 Å². The number of rotatable bonds is 1. The van der Waals surface area contributed by atoms with E-state index in [1.165, 1.54) is 34.0 Å². The number of hydrogen-bond acceptors (Lipinski definition) is 6. The molecule has 138 valence electrons. The van der Waals surface area contributed by atoms with E-state index >= 15 is 0 Å². The number of benzene rings is 2. The van der Waals surface area contributed by atoms with Crippen LogP contribution in [0.25, 0.3) is 0 Å². The lowest BCUT2D eigenvalue weighted by Gasteiger charge is -2.34. The molecule has 0 amide bonds. The van der Waals surface area contributed by atoms with Gasteiger partial charge in [-0.15, -0.1) is 0 Å². The Morgan fingerprint density at radius 3 is 2.96 bits per heavy atom. The summed E-state index contributed by atoms with van der Waals surface area (Å²) in [5, 5.41) is 10.8. The topological polar surface area (TPSA) is 51.8 Å². The van der Waals surface area contributed by atoms with Crippen LogP contribution in [0.1, 0.15) is 25.1 Å². The summed E-state index contributed by atoms with van der Waals surface area (Å²) in [6.07, 6.45) is 3.34. The van der Waals surface area contributed by atoms with Gasteiger partial charge in [-0.3, -0.25) is 0 Å². The molecule has 0 saturated heterocycles. The number of para-hydroxylation sites is 1. The highest BCUT2D eigenvalue weighted by molar-refractivity contribution is 5.90. The lowest BCUT2D eigenvalue weighted by atomic mass is 10.1. The second-order valence-corrected chi connectivity index (χ2v) is 7.62. The second-order valence-electron chi connectivity index (χ2n) is 7.62. The molecule has 0 saturated carbocycles. The zero-order valence-electron chi connectivity index (χ0n) is 15.4. The lowest BCUT2D eigenvalue weighted by Crippen LogP contribution is -2.35. The van der Waals surface area contributed by atoms with Crippen LogP contribution in [-0.2, 0) is 0 Å². The Hall–Kier alpha value is -3.02. The summed E-state index contributed by atoms with van der Waals surface area (Å²) in [6, 6.07) is 10.9. The van der Waals surface area contributed by atoms with Crippen molar-refractivity contribution in [2.45, 2.75) is 19.5 Å². The second kappa shape index (κ2) is 5.49. The minimum absolute atomic E-state index is 0.123. The monoisotopic (exact) mass is 361 g/mol. The van der Waals surface area contributed by atoms with Gasteiger partial charge < -0.3 is 30.5 Å². The summed E-state index contributed by atoms with van der Waals surface area (Å²) < 4.78 is 6.14. The Labute approximate surface area is 158 Å². The molecule has 3 N–H and O–H groups in total. The van der Waals surface area contributed by atoms with Crippen molar-refractivity contribution in [3.05, 3.63) is 47.8 Å². The van der Waals surface area contributed by atoms with Crippen molar-refractivity contribution in [2.24, 2.45) is 0 Å². The molecule has 4 heterocycles. The zero-order chi connectivity index (χ0) is 18.0. The number of anilines is 5. The number of hydrogen-bond donors (Lipinski definition) is 3. The van der Waals surface area contributed by atoms with E-state index in [2.05, 4.69) is 69.2 Å². The van der Waals surface area contributed by atoms with Gasteiger partial charge in [0.2, 0.25) is 0 Å². The Morgan fingerprint density at radius 1 is 1.07 bits per heavy atom. The molecule has 0 spiro atoms. The molecule has 0 bridgehead atoms. The predicted molar refractivity (Wildman–Crippen MR) is 110 cm³/mol. The quantitative estimate of drug-likeness (QED) is 0.716. The van der Waals surface area contributed by atoms with Crippen LogP contribution in [0.5, 0.6) is 5.75 Å². The molecular formula is C21H23N5O. The van der Waals surface area contributed by atoms with Gasteiger partial charge in [0.15, 0.2) is 0 Å². The van der Waals surface area contributed by atoms with Crippen LogP contribution in [0.3, 0.4) is 0 Å². The molecule has 6 nitrogen and oxygen atoms in total. The molecule has 1 atom stereocenters. The van der Waals surface area contributed by atoms with E-state index in [9.17, 15) is 0 Å². The van der Waals surface area contributed by atoms with Crippen molar-refractivity contribution < 1.29 is 4.74 Å². The van der Waals surface area contributed by atoms with Gasteiger partial charge in [-0.25, -0.2) is 0 Å². The van der Waals surface area contributed by atoms with Crippen LogP contribution in [0.15, 0.2) is 42.2 Å². The summed E-state index contributed by atoms with van der Waals surface area (Å²) >= 11 is 0. The fourth-order valence-corrected chi connectivity index (χ4v) is 4.71. The molecule has 4 aliphatic rings. The first kappa shape index (κ1) is 15.1. The molecule has 1 unspecified atom stereocenters. The Morgan fingerprint density at radius 2 is 2.00 bits per heavy atom. The third kappa shape index (κ3) is 2.19. The van der Waals surface area contributed by atoms with Crippen LogP contribution in [0, 0.1) is 0 Å². The van der Waals surface area contributed by atoms with E-state index in [0.717, 1.165) is 44.1 Å². The van der Waals surface area contributed by atoms with E-state index in [0.29, 0.717) is 0 Å².